The Bertz CT molecular complexity index is 587. The van der Waals surface area contributed by atoms with Crippen LogP contribution >= 0.6 is 0 Å². The summed E-state index contributed by atoms with van der Waals surface area (Å²) < 4.78 is 2.39. The lowest BCUT2D eigenvalue weighted by Crippen LogP contribution is -2.41. The SMILES string of the molecule is CCc1nc2cccnc2n1C1CCCN(C(C)C)C1. The maximum absolute atomic E-state index is 4.76. The highest BCUT2D eigenvalue weighted by molar-refractivity contribution is 5.71. The molecule has 0 aliphatic carbocycles. The van der Waals surface area contributed by atoms with Gasteiger partial charge in [-0.05, 0) is 45.4 Å². The van der Waals surface area contributed by atoms with Gasteiger partial charge < -0.3 is 4.57 Å². The predicted octanol–water partition coefficient (Wildman–Crippen LogP) is 3.04. The highest BCUT2D eigenvalue weighted by Gasteiger charge is 2.26. The monoisotopic (exact) mass is 272 g/mol. The Kier molecular flexibility index (Phi) is 3.74. The van der Waals surface area contributed by atoms with E-state index < -0.39 is 0 Å². The molecule has 4 nitrogen and oxygen atoms in total. The minimum atomic E-state index is 0.515. The Labute approximate surface area is 120 Å². The molecule has 0 N–H and O–H groups in total. The van der Waals surface area contributed by atoms with Crippen LogP contribution in [0.1, 0.15) is 45.5 Å². The second-order valence-electron chi connectivity index (χ2n) is 5.98. The summed E-state index contributed by atoms with van der Waals surface area (Å²) in [4.78, 5) is 11.9. The summed E-state index contributed by atoms with van der Waals surface area (Å²) in [6.07, 6.45) is 5.34. The van der Waals surface area contributed by atoms with E-state index in [-0.39, 0.29) is 0 Å². The first-order valence-corrected chi connectivity index (χ1v) is 7.76. The van der Waals surface area contributed by atoms with Crippen molar-refractivity contribution in [2.75, 3.05) is 13.1 Å². The molecule has 4 heteroatoms. The van der Waals surface area contributed by atoms with Crippen molar-refractivity contribution in [1.29, 1.82) is 0 Å². The molecular formula is C16H24N4. The van der Waals surface area contributed by atoms with Gasteiger partial charge in [-0.1, -0.05) is 6.92 Å². The van der Waals surface area contributed by atoms with Gasteiger partial charge in [-0.2, -0.15) is 0 Å². The van der Waals surface area contributed by atoms with Crippen LogP contribution in [0, 0.1) is 0 Å². The van der Waals surface area contributed by atoms with E-state index in [0.29, 0.717) is 12.1 Å². The van der Waals surface area contributed by atoms with Crippen molar-refractivity contribution in [3.05, 3.63) is 24.2 Å². The number of rotatable bonds is 3. The molecule has 2 aromatic heterocycles. The van der Waals surface area contributed by atoms with Crippen molar-refractivity contribution in [3.63, 3.8) is 0 Å². The second-order valence-corrected chi connectivity index (χ2v) is 5.98. The van der Waals surface area contributed by atoms with Crippen molar-refractivity contribution in [2.45, 2.75) is 52.1 Å². The molecule has 3 heterocycles. The van der Waals surface area contributed by atoms with Crippen molar-refractivity contribution < 1.29 is 0 Å². The highest BCUT2D eigenvalue weighted by Crippen LogP contribution is 2.28. The van der Waals surface area contributed by atoms with Crippen LogP contribution in [0.25, 0.3) is 11.2 Å². The standard InChI is InChI=1S/C16H24N4/c1-4-15-18-14-8-5-9-17-16(14)20(15)13-7-6-10-19(11-13)12(2)3/h5,8-9,12-13H,4,6-7,10-11H2,1-3H3. The number of piperidine rings is 1. The molecule has 1 unspecified atom stereocenters. The summed E-state index contributed by atoms with van der Waals surface area (Å²) in [5, 5.41) is 0. The minimum absolute atomic E-state index is 0.515. The van der Waals surface area contributed by atoms with E-state index in [1.807, 2.05) is 12.3 Å². The molecule has 3 rings (SSSR count). The average molecular weight is 272 g/mol. The van der Waals surface area contributed by atoms with Crippen molar-refractivity contribution in [3.8, 4) is 0 Å². The summed E-state index contributed by atoms with van der Waals surface area (Å²) >= 11 is 0. The van der Waals surface area contributed by atoms with Crippen molar-refractivity contribution >= 4 is 11.2 Å². The number of hydrogen-bond acceptors (Lipinski definition) is 3. The predicted molar refractivity (Wildman–Crippen MR) is 81.9 cm³/mol. The van der Waals surface area contributed by atoms with Gasteiger partial charge in [0.2, 0.25) is 0 Å². The van der Waals surface area contributed by atoms with Gasteiger partial charge in [-0.25, -0.2) is 9.97 Å². The fraction of sp³-hybridized carbons (Fsp3) is 0.625. The number of hydrogen-bond donors (Lipinski definition) is 0. The van der Waals surface area contributed by atoms with Gasteiger partial charge in [0.05, 0.1) is 0 Å². The molecule has 1 saturated heterocycles. The topological polar surface area (TPSA) is 34.0 Å². The molecule has 2 aromatic rings. The fourth-order valence-corrected chi connectivity index (χ4v) is 3.27. The van der Waals surface area contributed by atoms with Gasteiger partial charge in [0, 0.05) is 31.2 Å². The maximum Gasteiger partial charge on any atom is 0.160 e. The summed E-state index contributed by atoms with van der Waals surface area (Å²) in [6.45, 7) is 9.09. The molecule has 1 fully saturated rings. The lowest BCUT2D eigenvalue weighted by atomic mass is 10.0. The molecule has 0 amide bonds. The molecule has 0 aromatic carbocycles. The van der Waals surface area contributed by atoms with E-state index in [4.69, 9.17) is 4.98 Å². The van der Waals surface area contributed by atoms with Gasteiger partial charge in [0.1, 0.15) is 11.3 Å². The van der Waals surface area contributed by atoms with Gasteiger partial charge >= 0.3 is 0 Å². The Morgan fingerprint density at radius 1 is 1.40 bits per heavy atom. The zero-order valence-corrected chi connectivity index (χ0v) is 12.7. The van der Waals surface area contributed by atoms with Crippen LogP contribution in [-0.4, -0.2) is 38.6 Å². The van der Waals surface area contributed by atoms with Crippen LogP contribution in [0.15, 0.2) is 18.3 Å². The third kappa shape index (κ3) is 2.33. The molecular weight excluding hydrogens is 248 g/mol. The van der Waals surface area contributed by atoms with E-state index >= 15 is 0 Å². The number of nitrogens with zero attached hydrogens (tertiary/aromatic N) is 4. The molecule has 1 aliphatic rings. The summed E-state index contributed by atoms with van der Waals surface area (Å²) in [6, 6.07) is 5.17. The average Bonchev–Trinajstić information content (AvgIpc) is 2.85. The summed E-state index contributed by atoms with van der Waals surface area (Å²) in [7, 11) is 0. The van der Waals surface area contributed by atoms with Crippen LogP contribution < -0.4 is 0 Å². The molecule has 0 saturated carbocycles. The first-order valence-electron chi connectivity index (χ1n) is 7.76. The number of aromatic nitrogens is 3. The summed E-state index contributed by atoms with van der Waals surface area (Å²) in [5.74, 6) is 1.18. The van der Waals surface area contributed by atoms with Gasteiger partial charge in [0.25, 0.3) is 0 Å². The molecule has 0 radical (unpaired) electrons. The number of pyridine rings is 1. The zero-order chi connectivity index (χ0) is 14.1. The maximum atomic E-state index is 4.76. The smallest absolute Gasteiger partial charge is 0.160 e. The molecule has 0 bridgehead atoms. The Hall–Kier alpha value is -1.42. The fourth-order valence-electron chi connectivity index (χ4n) is 3.27. The lowest BCUT2D eigenvalue weighted by molar-refractivity contribution is 0.143. The first kappa shape index (κ1) is 13.6. The first-order chi connectivity index (χ1) is 9.70. The van der Waals surface area contributed by atoms with Crippen LogP contribution in [0.2, 0.25) is 0 Å². The van der Waals surface area contributed by atoms with Gasteiger partial charge in [-0.15, -0.1) is 0 Å². The largest absolute Gasteiger partial charge is 0.308 e. The van der Waals surface area contributed by atoms with E-state index in [1.54, 1.807) is 0 Å². The van der Waals surface area contributed by atoms with E-state index in [9.17, 15) is 0 Å². The molecule has 0 spiro atoms. The van der Waals surface area contributed by atoms with Gasteiger partial charge in [-0.3, -0.25) is 4.90 Å². The molecule has 108 valence electrons. The molecule has 20 heavy (non-hydrogen) atoms. The third-order valence-corrected chi connectivity index (χ3v) is 4.36. The number of likely N-dealkylation sites (tertiary alicyclic amines) is 1. The number of fused-ring (bicyclic) bond motifs is 1. The Balaban J connectivity index is 2.00. The van der Waals surface area contributed by atoms with Crippen molar-refractivity contribution in [1.82, 2.24) is 19.4 Å². The Morgan fingerprint density at radius 3 is 3.00 bits per heavy atom. The van der Waals surface area contributed by atoms with E-state index in [2.05, 4.69) is 41.3 Å². The van der Waals surface area contributed by atoms with Gasteiger partial charge in [0.15, 0.2) is 5.65 Å². The highest BCUT2D eigenvalue weighted by atomic mass is 15.2. The van der Waals surface area contributed by atoms with Crippen LogP contribution in [0.3, 0.4) is 0 Å². The van der Waals surface area contributed by atoms with E-state index in [0.717, 1.165) is 24.1 Å². The second kappa shape index (κ2) is 5.52. The normalized spacial score (nSPS) is 20.9. The van der Waals surface area contributed by atoms with E-state index in [1.165, 1.54) is 25.2 Å². The van der Waals surface area contributed by atoms with Crippen LogP contribution in [0.4, 0.5) is 0 Å². The summed E-state index contributed by atoms with van der Waals surface area (Å²) in [5.41, 5.74) is 2.09. The third-order valence-electron chi connectivity index (χ3n) is 4.36. The number of imidazole rings is 1. The molecule has 1 aliphatic heterocycles. The quantitative estimate of drug-likeness (QED) is 0.861. The number of aryl methyl sites for hydroxylation is 1. The van der Waals surface area contributed by atoms with Crippen molar-refractivity contribution in [2.24, 2.45) is 0 Å². The molecule has 1 atom stereocenters. The van der Waals surface area contributed by atoms with Crippen LogP contribution in [-0.2, 0) is 6.42 Å². The zero-order valence-electron chi connectivity index (χ0n) is 12.7. The minimum Gasteiger partial charge on any atom is -0.308 e. The lowest BCUT2D eigenvalue weighted by Gasteiger charge is -2.36. The Morgan fingerprint density at radius 2 is 2.25 bits per heavy atom. The van der Waals surface area contributed by atoms with Crippen LogP contribution in [0.5, 0.6) is 0 Å².